The molecule has 1 amide bonds. The Hall–Kier alpha value is -2.23. The predicted molar refractivity (Wildman–Crippen MR) is 97.2 cm³/mol. The van der Waals surface area contributed by atoms with Gasteiger partial charge in [0.2, 0.25) is 10.0 Å². The van der Waals surface area contributed by atoms with Crippen LogP contribution in [0.4, 0.5) is 0 Å². The van der Waals surface area contributed by atoms with Crippen molar-refractivity contribution in [1.29, 1.82) is 0 Å². The van der Waals surface area contributed by atoms with Crippen LogP contribution in [0.25, 0.3) is 0 Å². The Balaban J connectivity index is 1.57. The summed E-state index contributed by atoms with van der Waals surface area (Å²) in [5.41, 5.74) is 0.344. The molecular formula is C17H23N5O3S. The molecule has 3 N–H and O–H groups in total. The number of amides is 1. The van der Waals surface area contributed by atoms with Gasteiger partial charge in [-0.25, -0.2) is 13.1 Å². The van der Waals surface area contributed by atoms with Crippen LogP contribution < -0.4 is 15.4 Å². The normalized spacial score (nSPS) is 17.3. The molecule has 1 fully saturated rings. The van der Waals surface area contributed by atoms with Crippen molar-refractivity contribution in [2.75, 3.05) is 19.6 Å². The minimum atomic E-state index is -3.66. The van der Waals surface area contributed by atoms with E-state index >= 15 is 0 Å². The predicted octanol–water partition coefficient (Wildman–Crippen LogP) is 0.343. The molecule has 3 rings (SSSR count). The van der Waals surface area contributed by atoms with Crippen LogP contribution in [0.3, 0.4) is 0 Å². The maximum Gasteiger partial charge on any atom is 0.251 e. The van der Waals surface area contributed by atoms with Crippen molar-refractivity contribution in [1.82, 2.24) is 25.1 Å². The van der Waals surface area contributed by atoms with Crippen molar-refractivity contribution < 1.29 is 13.2 Å². The molecule has 0 aliphatic carbocycles. The Kier molecular flexibility index (Phi) is 6.02. The molecule has 0 saturated carbocycles. The highest BCUT2D eigenvalue weighted by molar-refractivity contribution is 7.89. The third-order valence-corrected chi connectivity index (χ3v) is 5.68. The van der Waals surface area contributed by atoms with E-state index < -0.39 is 10.0 Å². The summed E-state index contributed by atoms with van der Waals surface area (Å²) in [4.78, 5) is 12.4. The van der Waals surface area contributed by atoms with Crippen molar-refractivity contribution in [2.24, 2.45) is 0 Å². The zero-order valence-electron chi connectivity index (χ0n) is 14.4. The van der Waals surface area contributed by atoms with Gasteiger partial charge in [0.1, 0.15) is 0 Å². The van der Waals surface area contributed by atoms with Gasteiger partial charge in [0.05, 0.1) is 4.90 Å². The van der Waals surface area contributed by atoms with Gasteiger partial charge in [0.25, 0.3) is 5.91 Å². The Labute approximate surface area is 153 Å². The average molecular weight is 377 g/mol. The molecule has 0 bridgehead atoms. The molecule has 1 unspecified atom stereocenters. The fourth-order valence-electron chi connectivity index (χ4n) is 2.81. The van der Waals surface area contributed by atoms with Gasteiger partial charge in [-0.2, -0.15) is 5.10 Å². The molecule has 26 heavy (non-hydrogen) atoms. The number of hydrogen-bond donors (Lipinski definition) is 3. The molecule has 2 aromatic rings. The summed E-state index contributed by atoms with van der Waals surface area (Å²) in [6.45, 7) is 2.54. The molecule has 8 nitrogen and oxygen atoms in total. The van der Waals surface area contributed by atoms with E-state index in [1.54, 1.807) is 23.0 Å². The summed E-state index contributed by atoms with van der Waals surface area (Å²) in [7, 11) is -3.66. The molecule has 1 saturated heterocycles. The maximum absolute atomic E-state index is 12.4. The third kappa shape index (κ3) is 4.90. The monoisotopic (exact) mass is 377 g/mol. The molecule has 2 heterocycles. The van der Waals surface area contributed by atoms with E-state index in [1.165, 1.54) is 12.1 Å². The lowest BCUT2D eigenvalue weighted by molar-refractivity contribution is 0.0940. The molecule has 1 aromatic carbocycles. The van der Waals surface area contributed by atoms with Crippen LogP contribution in [-0.4, -0.2) is 49.8 Å². The van der Waals surface area contributed by atoms with Crippen molar-refractivity contribution in [2.45, 2.75) is 30.3 Å². The van der Waals surface area contributed by atoms with Crippen molar-refractivity contribution in [3.05, 3.63) is 48.3 Å². The number of aromatic nitrogens is 2. The van der Waals surface area contributed by atoms with Crippen molar-refractivity contribution in [3.63, 3.8) is 0 Å². The third-order valence-electron chi connectivity index (χ3n) is 4.22. The highest BCUT2D eigenvalue weighted by Crippen LogP contribution is 2.12. The van der Waals surface area contributed by atoms with Gasteiger partial charge < -0.3 is 10.6 Å². The molecule has 1 aliphatic heterocycles. The lowest BCUT2D eigenvalue weighted by Gasteiger charge is -2.12. The lowest BCUT2D eigenvalue weighted by Crippen LogP contribution is -2.36. The van der Waals surface area contributed by atoms with Gasteiger partial charge >= 0.3 is 0 Å². The zero-order valence-corrected chi connectivity index (χ0v) is 15.2. The van der Waals surface area contributed by atoms with Crippen molar-refractivity contribution >= 4 is 15.9 Å². The molecule has 1 aliphatic rings. The number of rotatable bonds is 8. The Morgan fingerprint density at radius 3 is 2.96 bits per heavy atom. The lowest BCUT2D eigenvalue weighted by atomic mass is 10.2. The first kappa shape index (κ1) is 18.6. The molecule has 1 atom stereocenters. The van der Waals surface area contributed by atoms with Gasteiger partial charge in [0, 0.05) is 43.6 Å². The smallest absolute Gasteiger partial charge is 0.251 e. The summed E-state index contributed by atoms with van der Waals surface area (Å²) < 4.78 is 29.2. The van der Waals surface area contributed by atoms with E-state index in [-0.39, 0.29) is 16.8 Å². The Morgan fingerprint density at radius 2 is 2.23 bits per heavy atom. The number of benzene rings is 1. The minimum absolute atomic E-state index is 0.0863. The minimum Gasteiger partial charge on any atom is -0.348 e. The van der Waals surface area contributed by atoms with Crippen LogP contribution in [0.1, 0.15) is 23.2 Å². The van der Waals surface area contributed by atoms with Gasteiger partial charge in [-0.1, -0.05) is 6.07 Å². The van der Waals surface area contributed by atoms with Crippen molar-refractivity contribution in [3.8, 4) is 0 Å². The first-order valence-electron chi connectivity index (χ1n) is 8.63. The van der Waals surface area contributed by atoms with E-state index in [0.29, 0.717) is 25.1 Å². The largest absolute Gasteiger partial charge is 0.348 e. The first-order chi connectivity index (χ1) is 12.5. The highest BCUT2D eigenvalue weighted by Gasteiger charge is 2.19. The van der Waals surface area contributed by atoms with Crippen LogP contribution in [-0.2, 0) is 16.6 Å². The Morgan fingerprint density at radius 1 is 1.35 bits per heavy atom. The van der Waals surface area contributed by atoms with E-state index in [2.05, 4.69) is 20.5 Å². The van der Waals surface area contributed by atoms with Crippen LogP contribution in [0.15, 0.2) is 47.6 Å². The standard InChI is InChI=1S/C17H23N5O3S/c23-17(21-15-6-9-18-13-15)14-4-1-5-16(12-14)26(24,25)20-8-3-11-22-10-2-7-19-22/h1-2,4-5,7,10,12,15,18,20H,3,6,8-9,11,13H2,(H,21,23). The second-order valence-corrected chi connectivity index (χ2v) is 7.98. The van der Waals surface area contributed by atoms with Gasteiger partial charge in [0.15, 0.2) is 0 Å². The number of carbonyl (C=O) groups is 1. The topological polar surface area (TPSA) is 105 Å². The average Bonchev–Trinajstić information content (AvgIpc) is 3.33. The molecule has 0 radical (unpaired) electrons. The molecule has 140 valence electrons. The first-order valence-corrected chi connectivity index (χ1v) is 10.1. The van der Waals surface area contributed by atoms with E-state index in [1.807, 2.05) is 12.3 Å². The summed E-state index contributed by atoms with van der Waals surface area (Å²) in [5, 5.41) is 10.2. The fraction of sp³-hybridized carbons (Fsp3) is 0.412. The molecular weight excluding hydrogens is 354 g/mol. The number of carbonyl (C=O) groups excluding carboxylic acids is 1. The van der Waals surface area contributed by atoms with E-state index in [9.17, 15) is 13.2 Å². The highest BCUT2D eigenvalue weighted by atomic mass is 32.2. The summed E-state index contributed by atoms with van der Waals surface area (Å²) in [6.07, 6.45) is 5.01. The van der Waals surface area contributed by atoms with E-state index in [4.69, 9.17) is 0 Å². The number of hydrogen-bond acceptors (Lipinski definition) is 5. The summed E-state index contributed by atoms with van der Waals surface area (Å²) in [6, 6.07) is 8.01. The van der Waals surface area contributed by atoms with Gasteiger partial charge in [-0.15, -0.1) is 0 Å². The fourth-order valence-corrected chi connectivity index (χ4v) is 3.93. The zero-order chi connectivity index (χ0) is 18.4. The number of sulfonamides is 1. The Bertz CT molecular complexity index is 830. The second-order valence-electron chi connectivity index (χ2n) is 6.21. The summed E-state index contributed by atoms with van der Waals surface area (Å²) >= 11 is 0. The molecule has 0 spiro atoms. The van der Waals surface area contributed by atoms with Crippen LogP contribution in [0.5, 0.6) is 0 Å². The van der Waals surface area contributed by atoms with E-state index in [0.717, 1.165) is 19.5 Å². The maximum atomic E-state index is 12.4. The molecule has 1 aromatic heterocycles. The van der Waals surface area contributed by atoms with Crippen LogP contribution in [0.2, 0.25) is 0 Å². The second kappa shape index (κ2) is 8.43. The number of nitrogens with one attached hydrogen (secondary N) is 3. The molecule has 9 heteroatoms. The number of nitrogens with zero attached hydrogens (tertiary/aromatic N) is 2. The number of aryl methyl sites for hydroxylation is 1. The van der Waals surface area contributed by atoms with Gasteiger partial charge in [-0.05, 0) is 43.7 Å². The quantitative estimate of drug-likeness (QED) is 0.576. The summed E-state index contributed by atoms with van der Waals surface area (Å²) in [5.74, 6) is -0.255. The van der Waals surface area contributed by atoms with Gasteiger partial charge in [-0.3, -0.25) is 9.48 Å². The SMILES string of the molecule is O=C(NC1CCNC1)c1cccc(S(=O)(=O)NCCCn2cccn2)c1. The van der Waals surface area contributed by atoms with Crippen LogP contribution >= 0.6 is 0 Å². The van der Waals surface area contributed by atoms with Crippen LogP contribution in [0, 0.1) is 0 Å².